The zero-order valence-corrected chi connectivity index (χ0v) is 15.7. The Balaban J connectivity index is 1.95. The molecule has 7 heteroatoms. The second-order valence-corrected chi connectivity index (χ2v) is 6.62. The third-order valence-corrected chi connectivity index (χ3v) is 4.18. The van der Waals surface area contributed by atoms with E-state index in [0.29, 0.717) is 11.3 Å². The number of ether oxygens (including phenoxy) is 1. The number of aryl methyl sites for hydroxylation is 2. The predicted octanol–water partition coefficient (Wildman–Crippen LogP) is 4.02. The van der Waals surface area contributed by atoms with Crippen molar-refractivity contribution in [2.45, 2.75) is 13.8 Å². The zero-order valence-electron chi connectivity index (χ0n) is 12.5. The van der Waals surface area contributed by atoms with Crippen LogP contribution in [0.25, 0.3) is 0 Å². The molecule has 1 N–H and O–H groups in total. The van der Waals surface area contributed by atoms with Gasteiger partial charge in [-0.25, -0.2) is 4.79 Å². The van der Waals surface area contributed by atoms with Crippen LogP contribution in [0.1, 0.15) is 21.6 Å². The van der Waals surface area contributed by atoms with Gasteiger partial charge >= 0.3 is 5.97 Å². The van der Waals surface area contributed by atoms with E-state index in [9.17, 15) is 9.59 Å². The summed E-state index contributed by atoms with van der Waals surface area (Å²) in [5.74, 6) is -1.02. The number of amides is 1. The van der Waals surface area contributed by atoms with Gasteiger partial charge < -0.3 is 10.1 Å². The second-order valence-electron chi connectivity index (χ2n) is 4.92. The molecule has 1 aromatic carbocycles. The lowest BCUT2D eigenvalue weighted by Crippen LogP contribution is -2.21. The number of rotatable bonds is 4. The van der Waals surface area contributed by atoms with Crippen molar-refractivity contribution < 1.29 is 14.3 Å². The van der Waals surface area contributed by atoms with Crippen molar-refractivity contribution in [3.05, 3.63) is 56.2 Å². The molecule has 0 bridgehead atoms. The molecule has 1 amide bonds. The number of carbonyl (C=O) groups is 2. The molecule has 1 heterocycles. The van der Waals surface area contributed by atoms with Gasteiger partial charge in [0.2, 0.25) is 0 Å². The average molecular weight is 442 g/mol. The SMILES string of the molecule is Cc1cc(Br)c(NC(=O)COC(=O)c2ccc(C)nc2)c(Br)c1. The smallest absolute Gasteiger partial charge is 0.340 e. The lowest BCUT2D eigenvalue weighted by molar-refractivity contribution is -0.119. The first-order valence-corrected chi connectivity index (χ1v) is 8.30. The van der Waals surface area contributed by atoms with Crippen molar-refractivity contribution >= 4 is 49.4 Å². The average Bonchev–Trinajstić information content (AvgIpc) is 2.49. The number of pyridine rings is 1. The Hall–Kier alpha value is -1.73. The number of esters is 1. The highest BCUT2D eigenvalue weighted by atomic mass is 79.9. The van der Waals surface area contributed by atoms with Crippen molar-refractivity contribution in [3.63, 3.8) is 0 Å². The largest absolute Gasteiger partial charge is 0.452 e. The van der Waals surface area contributed by atoms with E-state index in [-0.39, 0.29) is 6.61 Å². The Bertz CT molecular complexity index is 722. The number of hydrogen-bond donors (Lipinski definition) is 1. The summed E-state index contributed by atoms with van der Waals surface area (Å²) >= 11 is 6.78. The molecule has 0 atom stereocenters. The van der Waals surface area contributed by atoms with Crippen molar-refractivity contribution in [3.8, 4) is 0 Å². The molecule has 120 valence electrons. The van der Waals surface area contributed by atoms with Crippen LogP contribution in [0, 0.1) is 13.8 Å². The highest BCUT2D eigenvalue weighted by molar-refractivity contribution is 9.11. The van der Waals surface area contributed by atoms with E-state index in [1.165, 1.54) is 6.20 Å². The first kappa shape index (κ1) is 17.6. The van der Waals surface area contributed by atoms with Gasteiger partial charge in [0.25, 0.3) is 5.91 Å². The number of carbonyl (C=O) groups excluding carboxylic acids is 2. The molecule has 1 aromatic heterocycles. The molecule has 0 aliphatic heterocycles. The van der Waals surface area contributed by atoms with E-state index >= 15 is 0 Å². The number of anilines is 1. The minimum Gasteiger partial charge on any atom is -0.452 e. The van der Waals surface area contributed by atoms with E-state index in [2.05, 4.69) is 42.2 Å². The molecule has 5 nitrogen and oxygen atoms in total. The first-order valence-electron chi connectivity index (χ1n) is 6.72. The molecule has 0 aliphatic carbocycles. The van der Waals surface area contributed by atoms with Gasteiger partial charge in [-0.3, -0.25) is 9.78 Å². The topological polar surface area (TPSA) is 68.3 Å². The standard InChI is InChI=1S/C16H14Br2N2O3/c1-9-5-12(17)15(13(18)6-9)20-14(21)8-23-16(22)11-4-3-10(2)19-7-11/h3-7H,8H2,1-2H3,(H,20,21). The van der Waals surface area contributed by atoms with E-state index in [4.69, 9.17) is 4.74 Å². The number of halogens is 2. The summed E-state index contributed by atoms with van der Waals surface area (Å²) in [6.07, 6.45) is 1.42. The molecule has 2 aromatic rings. The molecule has 2 rings (SSSR count). The van der Waals surface area contributed by atoms with Crippen LogP contribution in [0.3, 0.4) is 0 Å². The Kier molecular flexibility index (Phi) is 5.90. The molecule has 0 spiro atoms. The number of hydrogen-bond acceptors (Lipinski definition) is 4. The van der Waals surface area contributed by atoms with Gasteiger partial charge in [-0.2, -0.15) is 0 Å². The van der Waals surface area contributed by atoms with Gasteiger partial charge in [0, 0.05) is 20.8 Å². The van der Waals surface area contributed by atoms with E-state index in [1.54, 1.807) is 12.1 Å². The summed E-state index contributed by atoms with van der Waals surface area (Å²) in [6.45, 7) is 3.39. The summed E-state index contributed by atoms with van der Waals surface area (Å²) in [4.78, 5) is 27.8. The maximum Gasteiger partial charge on any atom is 0.340 e. The second kappa shape index (κ2) is 7.70. The van der Waals surface area contributed by atoms with Gasteiger partial charge in [0.1, 0.15) is 0 Å². The highest BCUT2D eigenvalue weighted by Gasteiger charge is 2.13. The summed E-state index contributed by atoms with van der Waals surface area (Å²) in [5.41, 5.74) is 2.74. The van der Waals surface area contributed by atoms with Crippen molar-refractivity contribution in [1.82, 2.24) is 4.98 Å². The number of benzene rings is 1. The summed E-state index contributed by atoms with van der Waals surface area (Å²) in [6, 6.07) is 7.07. The Morgan fingerprint density at radius 3 is 2.39 bits per heavy atom. The lowest BCUT2D eigenvalue weighted by Gasteiger charge is -2.11. The van der Waals surface area contributed by atoms with Crippen molar-refractivity contribution in [2.75, 3.05) is 11.9 Å². The monoisotopic (exact) mass is 440 g/mol. The quantitative estimate of drug-likeness (QED) is 0.727. The third-order valence-electron chi connectivity index (χ3n) is 2.93. The molecule has 0 saturated carbocycles. The summed E-state index contributed by atoms with van der Waals surface area (Å²) < 4.78 is 6.47. The van der Waals surface area contributed by atoms with Crippen LogP contribution in [-0.4, -0.2) is 23.5 Å². The first-order chi connectivity index (χ1) is 10.9. The molecule has 0 saturated heterocycles. The van der Waals surface area contributed by atoms with E-state index in [0.717, 1.165) is 20.2 Å². The Labute approximate surface area is 150 Å². The van der Waals surface area contributed by atoms with Crippen molar-refractivity contribution in [1.29, 1.82) is 0 Å². The van der Waals surface area contributed by atoms with Crippen LogP contribution in [0.5, 0.6) is 0 Å². The van der Waals surface area contributed by atoms with Crippen LogP contribution in [-0.2, 0) is 9.53 Å². The Morgan fingerprint density at radius 1 is 1.17 bits per heavy atom. The van der Waals surface area contributed by atoms with Gasteiger partial charge in [0.05, 0.1) is 11.3 Å². The fraction of sp³-hybridized carbons (Fsp3) is 0.188. The fourth-order valence-corrected chi connectivity index (χ4v) is 3.41. The number of aromatic nitrogens is 1. The van der Waals surface area contributed by atoms with E-state index < -0.39 is 11.9 Å². The highest BCUT2D eigenvalue weighted by Crippen LogP contribution is 2.32. The molecule has 23 heavy (non-hydrogen) atoms. The van der Waals surface area contributed by atoms with Gasteiger partial charge in [-0.05, 0) is 75.5 Å². The predicted molar refractivity (Wildman–Crippen MR) is 94.5 cm³/mol. The maximum atomic E-state index is 11.9. The lowest BCUT2D eigenvalue weighted by atomic mass is 10.2. The summed E-state index contributed by atoms with van der Waals surface area (Å²) in [5, 5.41) is 2.70. The molecule has 0 aliphatic rings. The number of nitrogens with one attached hydrogen (secondary N) is 1. The molecular formula is C16H14Br2N2O3. The third kappa shape index (κ3) is 4.87. The number of nitrogens with zero attached hydrogens (tertiary/aromatic N) is 1. The summed E-state index contributed by atoms with van der Waals surface area (Å²) in [7, 11) is 0. The van der Waals surface area contributed by atoms with E-state index in [1.807, 2.05) is 26.0 Å². The zero-order chi connectivity index (χ0) is 17.0. The Morgan fingerprint density at radius 2 is 1.83 bits per heavy atom. The van der Waals surface area contributed by atoms with Gasteiger partial charge in [0.15, 0.2) is 6.61 Å². The minimum absolute atomic E-state index is 0.307. The van der Waals surface area contributed by atoms with Crippen molar-refractivity contribution in [2.24, 2.45) is 0 Å². The molecule has 0 fully saturated rings. The minimum atomic E-state index is -0.588. The maximum absolute atomic E-state index is 11.9. The normalized spacial score (nSPS) is 10.3. The molecule has 0 unspecified atom stereocenters. The van der Waals surface area contributed by atoms with Crippen LogP contribution in [0.2, 0.25) is 0 Å². The van der Waals surface area contributed by atoms with Crippen LogP contribution in [0.4, 0.5) is 5.69 Å². The van der Waals surface area contributed by atoms with Gasteiger partial charge in [-0.1, -0.05) is 0 Å². The fourth-order valence-electron chi connectivity index (χ4n) is 1.80. The van der Waals surface area contributed by atoms with Crippen LogP contribution < -0.4 is 5.32 Å². The molecular weight excluding hydrogens is 428 g/mol. The van der Waals surface area contributed by atoms with Gasteiger partial charge in [-0.15, -0.1) is 0 Å². The van der Waals surface area contributed by atoms with Crippen LogP contribution in [0.15, 0.2) is 39.4 Å². The van der Waals surface area contributed by atoms with Crippen LogP contribution >= 0.6 is 31.9 Å². The molecule has 0 radical (unpaired) electrons.